The third kappa shape index (κ3) is 9.21. The molecule has 1 N–H and O–H groups in total. The largest absolute Gasteiger partial charge is 0.494 e. The molecule has 0 bridgehead atoms. The average Bonchev–Trinajstić information content (AvgIpc) is 2.94. The first kappa shape index (κ1) is 28.7. The summed E-state index contributed by atoms with van der Waals surface area (Å²) in [4.78, 5) is 24.1. The number of anilines is 1. The van der Waals surface area contributed by atoms with Crippen molar-refractivity contribution in [3.05, 3.63) is 108 Å². The molecule has 0 spiro atoms. The molecule has 0 aliphatic heterocycles. The number of ether oxygens (including phenoxy) is 4. The van der Waals surface area contributed by atoms with Crippen molar-refractivity contribution >= 4 is 33.4 Å². The van der Waals surface area contributed by atoms with Crippen molar-refractivity contribution in [1.82, 2.24) is 0 Å². The van der Waals surface area contributed by atoms with E-state index in [1.165, 1.54) is 6.08 Å². The number of halogens is 1. The number of hydrogen-bond acceptors (Lipinski definition) is 7. The highest BCUT2D eigenvalue weighted by atomic mass is 79.9. The van der Waals surface area contributed by atoms with Gasteiger partial charge in [-0.15, -0.1) is 6.58 Å². The van der Waals surface area contributed by atoms with Crippen LogP contribution >= 0.6 is 15.9 Å². The lowest BCUT2D eigenvalue weighted by Crippen LogP contribution is -2.10. The summed E-state index contributed by atoms with van der Waals surface area (Å²) in [7, 11) is 0. The van der Waals surface area contributed by atoms with Gasteiger partial charge in [0.2, 0.25) is 0 Å². The minimum absolute atomic E-state index is 0.209. The normalized spacial score (nSPS) is 10.3. The molecule has 0 radical (unpaired) electrons. The van der Waals surface area contributed by atoms with E-state index < -0.39 is 5.97 Å². The van der Waals surface area contributed by atoms with Gasteiger partial charge in [-0.25, -0.2) is 4.79 Å². The van der Waals surface area contributed by atoms with Crippen LogP contribution in [0.5, 0.6) is 17.2 Å². The van der Waals surface area contributed by atoms with Crippen LogP contribution in [-0.4, -0.2) is 38.3 Å². The molecule has 3 aromatic carbocycles. The van der Waals surface area contributed by atoms with Gasteiger partial charge >= 0.3 is 5.97 Å². The summed E-state index contributed by atoms with van der Waals surface area (Å²) in [5.41, 5.74) is 1.56. The summed E-state index contributed by atoms with van der Waals surface area (Å²) in [6.07, 6.45) is 4.82. The zero-order valence-corrected chi connectivity index (χ0v) is 22.6. The fourth-order valence-electron chi connectivity index (χ4n) is 3.25. The standard InChI is InChI=1S/C30H30BrNO6/c1-3-17-35-18-5-6-19-36-24-11-13-25(14-12-24)37-21-32-28-16-15-26(20-27(28)31)38-30(34)23-9-7-22(8-10-23)29(33)4-2/h3-4,7-16,20,32H,1-2,5-6,17-19,21H2. The predicted octanol–water partition coefficient (Wildman–Crippen LogP) is 6.85. The van der Waals surface area contributed by atoms with Gasteiger partial charge in [-0.1, -0.05) is 24.8 Å². The van der Waals surface area contributed by atoms with Crippen molar-refractivity contribution in [2.24, 2.45) is 0 Å². The molecule has 0 aliphatic rings. The van der Waals surface area contributed by atoms with Crippen LogP contribution in [0.25, 0.3) is 0 Å². The third-order valence-electron chi connectivity index (χ3n) is 5.25. The molecule has 0 atom stereocenters. The molecule has 198 valence electrons. The number of carbonyl (C=O) groups excluding carboxylic acids is 2. The summed E-state index contributed by atoms with van der Waals surface area (Å²) < 4.78 is 23.0. The second-order valence-electron chi connectivity index (χ2n) is 8.03. The molecular formula is C30H30BrNO6. The van der Waals surface area contributed by atoms with E-state index in [9.17, 15) is 9.59 Å². The van der Waals surface area contributed by atoms with Gasteiger partial charge in [-0.05, 0) is 89.4 Å². The number of ketones is 1. The van der Waals surface area contributed by atoms with E-state index in [1.54, 1.807) is 48.5 Å². The highest BCUT2D eigenvalue weighted by molar-refractivity contribution is 9.10. The van der Waals surface area contributed by atoms with Gasteiger partial charge in [0, 0.05) is 16.6 Å². The summed E-state index contributed by atoms with van der Waals surface area (Å²) in [5.74, 6) is 1.12. The van der Waals surface area contributed by atoms with E-state index >= 15 is 0 Å². The highest BCUT2D eigenvalue weighted by Gasteiger charge is 2.11. The van der Waals surface area contributed by atoms with Gasteiger partial charge in [-0.2, -0.15) is 0 Å². The van der Waals surface area contributed by atoms with Crippen LogP contribution < -0.4 is 19.5 Å². The second kappa shape index (κ2) is 15.4. The maximum Gasteiger partial charge on any atom is 0.343 e. The first-order valence-corrected chi connectivity index (χ1v) is 12.9. The van der Waals surface area contributed by atoms with Crippen molar-refractivity contribution in [3.63, 3.8) is 0 Å². The van der Waals surface area contributed by atoms with Gasteiger partial charge in [-0.3, -0.25) is 4.79 Å². The van der Waals surface area contributed by atoms with E-state index in [4.69, 9.17) is 18.9 Å². The van der Waals surface area contributed by atoms with Crippen molar-refractivity contribution in [2.45, 2.75) is 12.8 Å². The van der Waals surface area contributed by atoms with Gasteiger partial charge in [0.05, 0.1) is 24.5 Å². The summed E-state index contributed by atoms with van der Waals surface area (Å²) in [5, 5.41) is 3.17. The quantitative estimate of drug-likeness (QED) is 0.0378. The number of nitrogens with one attached hydrogen (secondary N) is 1. The second-order valence-corrected chi connectivity index (χ2v) is 8.89. The molecule has 38 heavy (non-hydrogen) atoms. The molecular weight excluding hydrogens is 550 g/mol. The Bertz CT molecular complexity index is 1220. The number of allylic oxidation sites excluding steroid dienone is 1. The maximum absolute atomic E-state index is 12.4. The molecule has 0 saturated carbocycles. The smallest absolute Gasteiger partial charge is 0.343 e. The number of unbranched alkanes of at least 4 members (excludes halogenated alkanes) is 1. The van der Waals surface area contributed by atoms with Crippen molar-refractivity contribution < 1.29 is 28.5 Å². The van der Waals surface area contributed by atoms with Gasteiger partial charge in [0.15, 0.2) is 12.5 Å². The lowest BCUT2D eigenvalue weighted by molar-refractivity contribution is 0.0734. The first-order chi connectivity index (χ1) is 18.5. The van der Waals surface area contributed by atoms with Crippen molar-refractivity contribution in [3.8, 4) is 17.2 Å². The van der Waals surface area contributed by atoms with E-state index in [1.807, 2.05) is 24.3 Å². The predicted molar refractivity (Wildman–Crippen MR) is 151 cm³/mol. The fourth-order valence-corrected chi connectivity index (χ4v) is 3.75. The van der Waals surface area contributed by atoms with Crippen LogP contribution in [0.3, 0.4) is 0 Å². The number of benzene rings is 3. The Morgan fingerprint density at radius 2 is 1.45 bits per heavy atom. The van der Waals surface area contributed by atoms with E-state index in [-0.39, 0.29) is 12.5 Å². The number of hydrogen-bond donors (Lipinski definition) is 1. The molecule has 0 fully saturated rings. The minimum Gasteiger partial charge on any atom is -0.494 e. The lowest BCUT2D eigenvalue weighted by atomic mass is 10.1. The van der Waals surface area contributed by atoms with Crippen molar-refractivity contribution in [2.75, 3.05) is 31.9 Å². The number of esters is 1. The molecule has 0 aliphatic carbocycles. The van der Waals surface area contributed by atoms with Crippen LogP contribution in [-0.2, 0) is 4.74 Å². The lowest BCUT2D eigenvalue weighted by Gasteiger charge is -2.12. The van der Waals surface area contributed by atoms with Crippen molar-refractivity contribution in [1.29, 1.82) is 0 Å². The Kier molecular flexibility index (Phi) is 11.6. The monoisotopic (exact) mass is 579 g/mol. The Balaban J connectivity index is 1.41. The Morgan fingerprint density at radius 1 is 0.816 bits per heavy atom. The molecule has 0 aromatic heterocycles. The molecule has 8 heteroatoms. The van der Waals surface area contributed by atoms with E-state index in [0.29, 0.717) is 46.9 Å². The van der Waals surface area contributed by atoms with Crippen LogP contribution in [0, 0.1) is 0 Å². The summed E-state index contributed by atoms with van der Waals surface area (Å²) in [6.45, 7) is 9.21. The van der Waals surface area contributed by atoms with Crippen LogP contribution in [0.15, 0.2) is 96.5 Å². The van der Waals surface area contributed by atoms with Gasteiger partial charge in [0.25, 0.3) is 0 Å². The third-order valence-corrected chi connectivity index (χ3v) is 5.91. The van der Waals surface area contributed by atoms with Crippen LogP contribution in [0.1, 0.15) is 33.6 Å². The summed E-state index contributed by atoms with van der Waals surface area (Å²) >= 11 is 3.49. The Hall–Kier alpha value is -3.88. The number of rotatable bonds is 16. The molecule has 0 amide bonds. The summed E-state index contributed by atoms with van der Waals surface area (Å²) in [6, 6.07) is 18.8. The minimum atomic E-state index is -0.525. The first-order valence-electron chi connectivity index (χ1n) is 12.1. The van der Waals surface area contributed by atoms with E-state index in [2.05, 4.69) is 34.4 Å². The number of carbonyl (C=O) groups is 2. The molecule has 3 rings (SSSR count). The topological polar surface area (TPSA) is 83.1 Å². The zero-order valence-electron chi connectivity index (χ0n) is 21.0. The van der Waals surface area contributed by atoms with Crippen LogP contribution in [0.4, 0.5) is 5.69 Å². The van der Waals surface area contributed by atoms with E-state index in [0.717, 1.165) is 24.3 Å². The Labute approximate surface area is 231 Å². The van der Waals surface area contributed by atoms with Gasteiger partial charge < -0.3 is 24.3 Å². The highest BCUT2D eigenvalue weighted by Crippen LogP contribution is 2.28. The molecule has 0 saturated heterocycles. The Morgan fingerprint density at radius 3 is 2.11 bits per heavy atom. The van der Waals surface area contributed by atoms with Gasteiger partial charge in [0.1, 0.15) is 17.2 Å². The SMILES string of the molecule is C=CCOCCCCOc1ccc(OCNc2ccc(OC(=O)c3ccc(C(=O)C=C)cc3)cc2Br)cc1. The average molecular weight is 580 g/mol. The molecule has 0 heterocycles. The molecule has 0 unspecified atom stereocenters. The zero-order chi connectivity index (χ0) is 27.2. The van der Waals surface area contributed by atoms with Crippen LogP contribution in [0.2, 0.25) is 0 Å². The maximum atomic E-state index is 12.4. The molecule has 7 nitrogen and oxygen atoms in total. The molecule has 3 aromatic rings. The fraction of sp³-hybridized carbons (Fsp3) is 0.200.